The Bertz CT molecular complexity index is 570. The molecule has 3 nitrogen and oxygen atoms in total. The molecule has 1 N–H and O–H groups in total. The molecular formula is C18H24N2O. The second-order valence-electron chi connectivity index (χ2n) is 6.13. The summed E-state index contributed by atoms with van der Waals surface area (Å²) in [5.74, 6) is 0.798. The Morgan fingerprint density at radius 3 is 2.81 bits per heavy atom. The van der Waals surface area contributed by atoms with Gasteiger partial charge >= 0.3 is 0 Å². The summed E-state index contributed by atoms with van der Waals surface area (Å²) in [7, 11) is 0. The minimum Gasteiger partial charge on any atom is -0.396 e. The zero-order chi connectivity index (χ0) is 14.5. The maximum Gasteiger partial charge on any atom is 0.0568 e. The van der Waals surface area contributed by atoms with E-state index in [1.54, 1.807) is 0 Å². The number of hydrogen-bond donors (Lipinski definition) is 1. The minimum absolute atomic E-state index is 0.199. The number of aromatic nitrogens is 2. The molecule has 21 heavy (non-hydrogen) atoms. The molecule has 0 atom stereocenters. The van der Waals surface area contributed by atoms with Gasteiger partial charge in [-0.05, 0) is 36.3 Å². The van der Waals surface area contributed by atoms with E-state index in [4.69, 9.17) is 5.11 Å². The fraction of sp³-hybridized carbons (Fsp3) is 0.500. The second kappa shape index (κ2) is 6.90. The van der Waals surface area contributed by atoms with Crippen LogP contribution in [-0.4, -0.2) is 21.5 Å². The molecule has 0 radical (unpaired) electrons. The first-order valence-electron chi connectivity index (χ1n) is 8.08. The van der Waals surface area contributed by atoms with Crippen LogP contribution in [0.2, 0.25) is 0 Å². The summed E-state index contributed by atoms with van der Waals surface area (Å²) >= 11 is 0. The van der Waals surface area contributed by atoms with Gasteiger partial charge < -0.3 is 5.11 Å². The van der Waals surface area contributed by atoms with Gasteiger partial charge in [-0.1, -0.05) is 43.5 Å². The Hall–Kier alpha value is -1.61. The molecule has 1 fully saturated rings. The number of aliphatic hydroxyl groups is 1. The van der Waals surface area contributed by atoms with E-state index in [9.17, 15) is 0 Å². The van der Waals surface area contributed by atoms with Crippen molar-refractivity contribution in [3.05, 3.63) is 42.2 Å². The lowest BCUT2D eigenvalue weighted by Crippen LogP contribution is -2.14. The summed E-state index contributed by atoms with van der Waals surface area (Å²) in [4.78, 5) is 0. The van der Waals surface area contributed by atoms with Crippen LogP contribution in [0.5, 0.6) is 0 Å². The largest absolute Gasteiger partial charge is 0.396 e. The van der Waals surface area contributed by atoms with Crippen molar-refractivity contribution in [3.8, 4) is 11.1 Å². The van der Waals surface area contributed by atoms with Gasteiger partial charge in [0.2, 0.25) is 0 Å². The molecule has 3 heteroatoms. The third-order valence-electron chi connectivity index (χ3n) is 4.46. The van der Waals surface area contributed by atoms with Gasteiger partial charge in [-0.3, -0.25) is 4.68 Å². The second-order valence-corrected chi connectivity index (χ2v) is 6.13. The van der Waals surface area contributed by atoms with Crippen LogP contribution in [0.15, 0.2) is 36.7 Å². The number of hydrogen-bond acceptors (Lipinski definition) is 2. The summed E-state index contributed by atoms with van der Waals surface area (Å²) in [5.41, 5.74) is 3.54. The van der Waals surface area contributed by atoms with Crippen LogP contribution in [0.25, 0.3) is 11.1 Å². The lowest BCUT2D eigenvalue weighted by molar-refractivity contribution is 0.299. The molecule has 0 saturated heterocycles. The van der Waals surface area contributed by atoms with Crippen molar-refractivity contribution in [2.45, 2.75) is 45.1 Å². The van der Waals surface area contributed by atoms with Crippen molar-refractivity contribution in [1.29, 1.82) is 0 Å². The molecule has 3 rings (SSSR count). The van der Waals surface area contributed by atoms with Gasteiger partial charge in [0.05, 0.1) is 6.20 Å². The van der Waals surface area contributed by atoms with E-state index in [1.807, 2.05) is 6.20 Å². The summed E-state index contributed by atoms with van der Waals surface area (Å²) in [6.07, 6.45) is 11.7. The highest BCUT2D eigenvalue weighted by Gasteiger charge is 2.14. The Morgan fingerprint density at radius 1 is 1.14 bits per heavy atom. The maximum atomic E-state index is 9.05. The van der Waals surface area contributed by atoms with Crippen LogP contribution in [0.4, 0.5) is 0 Å². The van der Waals surface area contributed by atoms with Gasteiger partial charge in [0.1, 0.15) is 0 Å². The first kappa shape index (κ1) is 14.3. The molecule has 1 aromatic carbocycles. The highest BCUT2D eigenvalue weighted by molar-refractivity contribution is 5.62. The summed E-state index contributed by atoms with van der Waals surface area (Å²) in [6.45, 7) is 1.25. The van der Waals surface area contributed by atoms with E-state index in [0.717, 1.165) is 12.5 Å². The fourth-order valence-electron chi connectivity index (χ4n) is 3.28. The van der Waals surface area contributed by atoms with Gasteiger partial charge in [0.25, 0.3) is 0 Å². The van der Waals surface area contributed by atoms with Crippen molar-refractivity contribution < 1.29 is 5.11 Å². The van der Waals surface area contributed by atoms with E-state index in [1.165, 1.54) is 48.8 Å². The standard InChI is InChI=1S/C18H24N2O/c21-10-9-15-7-4-8-17(11-15)18-12-19-20(14-18)13-16-5-2-1-3-6-16/h4,7-8,11-12,14,16,21H,1-3,5-6,9-10,13H2. The van der Waals surface area contributed by atoms with E-state index in [-0.39, 0.29) is 6.61 Å². The molecule has 112 valence electrons. The Morgan fingerprint density at radius 2 is 2.00 bits per heavy atom. The van der Waals surface area contributed by atoms with Crippen LogP contribution >= 0.6 is 0 Å². The summed E-state index contributed by atoms with van der Waals surface area (Å²) < 4.78 is 2.10. The molecule has 0 amide bonds. The zero-order valence-corrected chi connectivity index (χ0v) is 12.5. The van der Waals surface area contributed by atoms with E-state index in [2.05, 4.69) is 40.2 Å². The Kier molecular flexibility index (Phi) is 4.71. The predicted octanol–water partition coefficient (Wildman–Crippen LogP) is 3.67. The van der Waals surface area contributed by atoms with Gasteiger partial charge in [-0.25, -0.2) is 0 Å². The molecular weight excluding hydrogens is 260 g/mol. The summed E-state index contributed by atoms with van der Waals surface area (Å²) in [6, 6.07) is 8.38. The molecule has 1 saturated carbocycles. The monoisotopic (exact) mass is 284 g/mol. The fourth-order valence-corrected chi connectivity index (χ4v) is 3.28. The highest BCUT2D eigenvalue weighted by Crippen LogP contribution is 2.26. The van der Waals surface area contributed by atoms with Crippen LogP contribution in [0.3, 0.4) is 0 Å². The molecule has 2 aromatic rings. The number of benzene rings is 1. The molecule has 1 heterocycles. The Labute approximate surface area is 126 Å². The molecule has 1 aliphatic carbocycles. The minimum atomic E-state index is 0.199. The molecule has 0 unspecified atom stereocenters. The first-order valence-corrected chi connectivity index (χ1v) is 8.08. The molecule has 0 spiro atoms. The SMILES string of the molecule is OCCc1cccc(-c2cnn(CC3CCCCC3)c2)c1. The summed E-state index contributed by atoms with van der Waals surface area (Å²) in [5, 5.41) is 13.6. The quantitative estimate of drug-likeness (QED) is 0.909. The number of rotatable bonds is 5. The molecule has 0 bridgehead atoms. The number of aliphatic hydroxyl groups excluding tert-OH is 1. The van der Waals surface area contributed by atoms with E-state index < -0.39 is 0 Å². The van der Waals surface area contributed by atoms with Crippen LogP contribution in [0.1, 0.15) is 37.7 Å². The first-order chi connectivity index (χ1) is 10.3. The third-order valence-corrected chi connectivity index (χ3v) is 4.46. The lowest BCUT2D eigenvalue weighted by Gasteiger charge is -2.21. The third kappa shape index (κ3) is 3.73. The van der Waals surface area contributed by atoms with Crippen molar-refractivity contribution in [1.82, 2.24) is 9.78 Å². The predicted molar refractivity (Wildman–Crippen MR) is 85.0 cm³/mol. The average molecular weight is 284 g/mol. The molecule has 1 aliphatic rings. The van der Waals surface area contributed by atoms with E-state index in [0.29, 0.717) is 6.42 Å². The Balaban J connectivity index is 1.70. The van der Waals surface area contributed by atoms with Crippen LogP contribution in [0, 0.1) is 5.92 Å². The van der Waals surface area contributed by atoms with Gasteiger partial charge in [0.15, 0.2) is 0 Å². The molecule has 0 aliphatic heterocycles. The zero-order valence-electron chi connectivity index (χ0n) is 12.5. The van der Waals surface area contributed by atoms with Crippen molar-refractivity contribution >= 4 is 0 Å². The molecule has 1 aromatic heterocycles. The number of nitrogens with zero attached hydrogens (tertiary/aromatic N) is 2. The van der Waals surface area contributed by atoms with Crippen molar-refractivity contribution in [3.63, 3.8) is 0 Å². The average Bonchev–Trinajstić information content (AvgIpc) is 2.97. The van der Waals surface area contributed by atoms with Gasteiger partial charge in [-0.15, -0.1) is 0 Å². The van der Waals surface area contributed by atoms with Crippen LogP contribution in [-0.2, 0) is 13.0 Å². The van der Waals surface area contributed by atoms with Crippen molar-refractivity contribution in [2.75, 3.05) is 6.61 Å². The maximum absolute atomic E-state index is 9.05. The van der Waals surface area contributed by atoms with Gasteiger partial charge in [0, 0.05) is 24.9 Å². The van der Waals surface area contributed by atoms with E-state index >= 15 is 0 Å². The van der Waals surface area contributed by atoms with Gasteiger partial charge in [-0.2, -0.15) is 5.10 Å². The normalized spacial score (nSPS) is 16.2. The highest BCUT2D eigenvalue weighted by atomic mass is 16.2. The topological polar surface area (TPSA) is 38.1 Å². The lowest BCUT2D eigenvalue weighted by atomic mass is 9.89. The van der Waals surface area contributed by atoms with Crippen molar-refractivity contribution in [2.24, 2.45) is 5.92 Å². The van der Waals surface area contributed by atoms with Crippen LogP contribution < -0.4 is 0 Å². The smallest absolute Gasteiger partial charge is 0.0568 e.